The van der Waals surface area contributed by atoms with Gasteiger partial charge in [0, 0.05) is 5.69 Å². The topological polar surface area (TPSA) is 41.1 Å². The number of anilines is 1. The van der Waals surface area contributed by atoms with Crippen molar-refractivity contribution in [3.63, 3.8) is 0 Å². The summed E-state index contributed by atoms with van der Waals surface area (Å²) in [6.07, 6.45) is 3.02. The van der Waals surface area contributed by atoms with Crippen LogP contribution in [0, 0.1) is 12.7 Å². The molecular formula is C13H17FN2O. The van der Waals surface area contributed by atoms with Crippen molar-refractivity contribution in [3.05, 3.63) is 29.6 Å². The maximum Gasteiger partial charge on any atom is 0.241 e. The molecule has 17 heavy (non-hydrogen) atoms. The largest absolute Gasteiger partial charge is 0.324 e. The molecular weight excluding hydrogens is 219 g/mol. The molecule has 1 fully saturated rings. The van der Waals surface area contributed by atoms with Crippen LogP contribution in [-0.2, 0) is 4.79 Å². The number of aryl methyl sites for hydroxylation is 1. The van der Waals surface area contributed by atoms with Crippen molar-refractivity contribution >= 4 is 11.6 Å². The summed E-state index contributed by atoms with van der Waals surface area (Å²) in [7, 11) is 0. The Bertz CT molecular complexity index is 414. The third-order valence-corrected chi connectivity index (χ3v) is 3.08. The molecule has 1 heterocycles. The minimum absolute atomic E-state index is 0.0709. The Hall–Kier alpha value is -1.42. The highest BCUT2D eigenvalue weighted by Crippen LogP contribution is 2.17. The monoisotopic (exact) mass is 236 g/mol. The number of amides is 1. The number of hydrogen-bond acceptors (Lipinski definition) is 2. The van der Waals surface area contributed by atoms with Crippen molar-refractivity contribution in [3.8, 4) is 0 Å². The summed E-state index contributed by atoms with van der Waals surface area (Å²) in [6.45, 7) is 2.73. The Kier molecular flexibility index (Phi) is 3.74. The second-order valence-corrected chi connectivity index (χ2v) is 4.45. The lowest BCUT2D eigenvalue weighted by Crippen LogP contribution is -2.43. The number of hydrogen-bond donors (Lipinski definition) is 2. The molecule has 0 aromatic heterocycles. The molecule has 0 radical (unpaired) electrons. The fourth-order valence-corrected chi connectivity index (χ4v) is 2.02. The minimum Gasteiger partial charge on any atom is -0.324 e. The highest BCUT2D eigenvalue weighted by Gasteiger charge is 2.20. The first-order chi connectivity index (χ1) is 8.16. The van der Waals surface area contributed by atoms with Crippen molar-refractivity contribution in [1.82, 2.24) is 5.32 Å². The van der Waals surface area contributed by atoms with Crippen LogP contribution in [-0.4, -0.2) is 18.5 Å². The average molecular weight is 236 g/mol. The Labute approximate surface area is 100 Å². The summed E-state index contributed by atoms with van der Waals surface area (Å²) < 4.78 is 13.1. The van der Waals surface area contributed by atoms with Crippen LogP contribution in [0.4, 0.5) is 10.1 Å². The third kappa shape index (κ3) is 3.03. The molecule has 2 rings (SSSR count). The molecule has 0 aliphatic carbocycles. The molecule has 1 amide bonds. The fraction of sp³-hybridized carbons (Fsp3) is 0.462. The summed E-state index contributed by atoms with van der Waals surface area (Å²) in [5.74, 6) is -0.402. The highest BCUT2D eigenvalue weighted by atomic mass is 19.1. The zero-order chi connectivity index (χ0) is 12.3. The minimum atomic E-state index is -0.331. The van der Waals surface area contributed by atoms with Crippen molar-refractivity contribution in [2.24, 2.45) is 0 Å². The van der Waals surface area contributed by atoms with Gasteiger partial charge in [0.2, 0.25) is 5.91 Å². The highest BCUT2D eigenvalue weighted by molar-refractivity contribution is 5.95. The lowest BCUT2D eigenvalue weighted by molar-refractivity contribution is -0.118. The third-order valence-electron chi connectivity index (χ3n) is 3.08. The molecule has 0 spiro atoms. The van der Waals surface area contributed by atoms with Crippen LogP contribution in [0.25, 0.3) is 0 Å². The number of nitrogens with one attached hydrogen (secondary N) is 2. The Morgan fingerprint density at radius 1 is 1.47 bits per heavy atom. The van der Waals surface area contributed by atoms with Crippen molar-refractivity contribution in [2.45, 2.75) is 32.2 Å². The number of benzene rings is 1. The quantitative estimate of drug-likeness (QED) is 0.826. The summed E-state index contributed by atoms with van der Waals surface area (Å²) in [5, 5.41) is 5.95. The zero-order valence-corrected chi connectivity index (χ0v) is 9.92. The molecule has 1 unspecified atom stereocenters. The van der Waals surface area contributed by atoms with E-state index in [0.717, 1.165) is 31.4 Å². The van der Waals surface area contributed by atoms with Gasteiger partial charge in [-0.1, -0.05) is 12.5 Å². The number of piperidine rings is 1. The molecule has 0 saturated carbocycles. The van der Waals surface area contributed by atoms with E-state index in [0.29, 0.717) is 5.69 Å². The number of carbonyl (C=O) groups is 1. The van der Waals surface area contributed by atoms with E-state index in [2.05, 4.69) is 10.6 Å². The molecule has 4 heteroatoms. The maximum absolute atomic E-state index is 13.1. The van der Waals surface area contributed by atoms with Gasteiger partial charge >= 0.3 is 0 Å². The standard InChI is InChI=1S/C13H17FN2O/c1-9-5-6-10(14)8-12(9)16-13(17)11-4-2-3-7-15-11/h5-6,8,11,15H,2-4,7H2,1H3,(H,16,17). The van der Waals surface area contributed by atoms with Crippen molar-refractivity contribution in [1.29, 1.82) is 0 Å². The predicted octanol–water partition coefficient (Wildman–Crippen LogP) is 2.21. The second-order valence-electron chi connectivity index (χ2n) is 4.45. The molecule has 2 N–H and O–H groups in total. The van der Waals surface area contributed by atoms with Gasteiger partial charge in [0.05, 0.1) is 6.04 Å². The first-order valence-electron chi connectivity index (χ1n) is 5.97. The number of halogens is 1. The van der Waals surface area contributed by atoms with E-state index >= 15 is 0 Å². The van der Waals surface area contributed by atoms with Gasteiger partial charge in [-0.25, -0.2) is 4.39 Å². The van der Waals surface area contributed by atoms with Gasteiger partial charge in [0.15, 0.2) is 0 Å². The normalized spacial score (nSPS) is 20.0. The average Bonchev–Trinajstić information content (AvgIpc) is 2.35. The van der Waals surface area contributed by atoms with Crippen LogP contribution in [0.5, 0.6) is 0 Å². The summed E-state index contributed by atoms with van der Waals surface area (Å²) in [6, 6.07) is 4.27. The van der Waals surface area contributed by atoms with E-state index in [1.54, 1.807) is 6.07 Å². The summed E-state index contributed by atoms with van der Waals surface area (Å²) in [4.78, 5) is 11.9. The van der Waals surface area contributed by atoms with Gasteiger partial charge in [0.25, 0.3) is 0 Å². The molecule has 1 saturated heterocycles. The smallest absolute Gasteiger partial charge is 0.241 e. The van der Waals surface area contributed by atoms with Crippen LogP contribution in [0.15, 0.2) is 18.2 Å². The second kappa shape index (κ2) is 5.27. The molecule has 1 aromatic carbocycles. The number of rotatable bonds is 2. The van der Waals surface area contributed by atoms with Gasteiger partial charge in [0.1, 0.15) is 5.82 Å². The van der Waals surface area contributed by atoms with Crippen molar-refractivity contribution in [2.75, 3.05) is 11.9 Å². The Morgan fingerprint density at radius 2 is 2.29 bits per heavy atom. The van der Waals surface area contributed by atoms with E-state index in [-0.39, 0.29) is 17.8 Å². The van der Waals surface area contributed by atoms with Gasteiger partial charge < -0.3 is 10.6 Å². The molecule has 1 aliphatic heterocycles. The Balaban J connectivity index is 2.04. The lowest BCUT2D eigenvalue weighted by atomic mass is 10.0. The predicted molar refractivity (Wildman–Crippen MR) is 65.4 cm³/mol. The van der Waals surface area contributed by atoms with Crippen molar-refractivity contribution < 1.29 is 9.18 Å². The molecule has 92 valence electrons. The van der Waals surface area contributed by atoms with E-state index in [9.17, 15) is 9.18 Å². The van der Waals surface area contributed by atoms with Gasteiger partial charge in [-0.2, -0.15) is 0 Å². The first-order valence-corrected chi connectivity index (χ1v) is 5.97. The lowest BCUT2D eigenvalue weighted by Gasteiger charge is -2.22. The molecule has 0 bridgehead atoms. The molecule has 1 aliphatic rings. The SMILES string of the molecule is Cc1ccc(F)cc1NC(=O)C1CCCCN1. The van der Waals surface area contributed by atoms with Crippen LogP contribution < -0.4 is 10.6 Å². The zero-order valence-electron chi connectivity index (χ0n) is 9.92. The van der Waals surface area contributed by atoms with E-state index in [1.807, 2.05) is 6.92 Å². The summed E-state index contributed by atoms with van der Waals surface area (Å²) >= 11 is 0. The van der Waals surface area contributed by atoms with Crippen LogP contribution in [0.1, 0.15) is 24.8 Å². The first kappa shape index (κ1) is 12.0. The van der Waals surface area contributed by atoms with Gasteiger partial charge in [-0.3, -0.25) is 4.79 Å². The number of carbonyl (C=O) groups excluding carboxylic acids is 1. The van der Waals surface area contributed by atoms with Gasteiger partial charge in [-0.05, 0) is 44.0 Å². The molecule has 3 nitrogen and oxygen atoms in total. The van der Waals surface area contributed by atoms with E-state index < -0.39 is 0 Å². The summed E-state index contributed by atoms with van der Waals surface area (Å²) in [5.41, 5.74) is 1.43. The van der Waals surface area contributed by atoms with Gasteiger partial charge in [-0.15, -0.1) is 0 Å². The molecule has 1 aromatic rings. The fourth-order valence-electron chi connectivity index (χ4n) is 2.02. The van der Waals surface area contributed by atoms with E-state index in [1.165, 1.54) is 12.1 Å². The maximum atomic E-state index is 13.1. The van der Waals surface area contributed by atoms with Crippen LogP contribution in [0.3, 0.4) is 0 Å². The van der Waals surface area contributed by atoms with E-state index in [4.69, 9.17) is 0 Å². The Morgan fingerprint density at radius 3 is 3.00 bits per heavy atom. The van der Waals surface area contributed by atoms with Crippen LogP contribution >= 0.6 is 0 Å². The van der Waals surface area contributed by atoms with Crippen LogP contribution in [0.2, 0.25) is 0 Å². The molecule has 1 atom stereocenters.